The third-order valence-electron chi connectivity index (χ3n) is 6.59. The van der Waals surface area contributed by atoms with Gasteiger partial charge in [-0.2, -0.15) is 0 Å². The zero-order chi connectivity index (χ0) is 22.9. The molecule has 1 fully saturated rings. The number of nitrogens with zero attached hydrogens (tertiary/aromatic N) is 3. The van der Waals surface area contributed by atoms with Gasteiger partial charge in [-0.25, -0.2) is 4.98 Å². The van der Waals surface area contributed by atoms with Crippen LogP contribution in [0, 0.1) is 6.92 Å². The minimum Gasteiger partial charge on any atom is -0.351 e. The molecule has 2 aliphatic rings. The van der Waals surface area contributed by atoms with E-state index in [2.05, 4.69) is 15.6 Å². The maximum atomic E-state index is 13.6. The van der Waals surface area contributed by atoms with Crippen molar-refractivity contribution in [3.63, 3.8) is 0 Å². The number of nitrogens with one attached hydrogen (secondary N) is 2. The lowest BCUT2D eigenvalue weighted by atomic mass is 9.93. The van der Waals surface area contributed by atoms with Crippen LogP contribution in [0.1, 0.15) is 72.5 Å². The lowest BCUT2D eigenvalue weighted by molar-refractivity contribution is -0.133. The third kappa shape index (κ3) is 3.89. The number of fused-ring (bicyclic) bond motifs is 1. The molecule has 2 heterocycles. The van der Waals surface area contributed by atoms with Crippen molar-refractivity contribution in [1.29, 1.82) is 0 Å². The summed E-state index contributed by atoms with van der Waals surface area (Å²) in [6, 6.07) is 7.62. The van der Waals surface area contributed by atoms with E-state index in [-0.39, 0.29) is 35.8 Å². The molecule has 4 rings (SSSR count). The number of hydrogen-bond acceptors (Lipinski definition) is 4. The molecule has 170 valence electrons. The Hall–Kier alpha value is -3.16. The molecule has 0 saturated heterocycles. The molecule has 1 saturated carbocycles. The smallest absolute Gasteiger partial charge is 0.276 e. The molecule has 1 aromatic heterocycles. The van der Waals surface area contributed by atoms with Gasteiger partial charge in [0.2, 0.25) is 5.91 Å². The topological polar surface area (TPSA) is 96.3 Å². The summed E-state index contributed by atoms with van der Waals surface area (Å²) in [5.41, 5.74) is 0.874. The molecule has 8 heteroatoms. The van der Waals surface area contributed by atoms with Crippen LogP contribution in [0.3, 0.4) is 0 Å². The summed E-state index contributed by atoms with van der Waals surface area (Å²) in [6.07, 6.45) is 6.38. The van der Waals surface area contributed by atoms with Gasteiger partial charge in [0.25, 0.3) is 11.8 Å². The lowest BCUT2D eigenvalue weighted by Crippen LogP contribution is -2.65. The zero-order valence-electron chi connectivity index (χ0n) is 19.0. The number of amides is 3. The van der Waals surface area contributed by atoms with Crippen LogP contribution in [0.15, 0.2) is 30.6 Å². The normalized spacial score (nSPS) is 20.8. The van der Waals surface area contributed by atoms with E-state index in [0.29, 0.717) is 18.7 Å². The Bertz CT molecular complexity index is 1040. The van der Waals surface area contributed by atoms with Crippen molar-refractivity contribution in [2.45, 2.75) is 71.0 Å². The predicted molar refractivity (Wildman–Crippen MR) is 121 cm³/mol. The Balaban J connectivity index is 1.63. The van der Waals surface area contributed by atoms with Crippen LogP contribution in [-0.4, -0.2) is 50.3 Å². The number of aromatic nitrogens is 2. The summed E-state index contributed by atoms with van der Waals surface area (Å²) in [4.78, 5) is 45.8. The molecule has 8 nitrogen and oxygen atoms in total. The van der Waals surface area contributed by atoms with Gasteiger partial charge in [-0.1, -0.05) is 38.0 Å². The molecule has 0 radical (unpaired) electrons. The second-order valence-electron chi connectivity index (χ2n) is 9.02. The van der Waals surface area contributed by atoms with Crippen LogP contribution in [0.5, 0.6) is 0 Å². The maximum absolute atomic E-state index is 13.6. The lowest BCUT2D eigenvalue weighted by Gasteiger charge is -2.44. The Kier molecular flexibility index (Phi) is 6.04. The number of hydrogen-bond donors (Lipinski definition) is 2. The number of rotatable bonds is 6. The first-order valence-corrected chi connectivity index (χ1v) is 11.4. The highest BCUT2D eigenvalue weighted by Crippen LogP contribution is 2.30. The average molecular weight is 438 g/mol. The Morgan fingerprint density at radius 1 is 1.22 bits per heavy atom. The Labute approximate surface area is 188 Å². The minimum atomic E-state index is -1.03. The van der Waals surface area contributed by atoms with Crippen molar-refractivity contribution in [1.82, 2.24) is 19.8 Å². The molecule has 1 aliphatic heterocycles. The first-order valence-electron chi connectivity index (χ1n) is 11.4. The monoisotopic (exact) mass is 437 g/mol. The van der Waals surface area contributed by atoms with Gasteiger partial charge in [-0.15, -0.1) is 0 Å². The van der Waals surface area contributed by atoms with Crippen molar-refractivity contribution in [2.24, 2.45) is 0 Å². The van der Waals surface area contributed by atoms with Crippen LogP contribution < -0.4 is 10.6 Å². The number of aryl methyl sites for hydroxylation is 1. The molecule has 1 atom stereocenters. The van der Waals surface area contributed by atoms with Gasteiger partial charge in [0.15, 0.2) is 5.69 Å². The van der Waals surface area contributed by atoms with Gasteiger partial charge >= 0.3 is 0 Å². The van der Waals surface area contributed by atoms with Crippen molar-refractivity contribution < 1.29 is 14.4 Å². The molecule has 2 aromatic rings. The first kappa shape index (κ1) is 22.0. The fourth-order valence-corrected chi connectivity index (χ4v) is 4.73. The summed E-state index contributed by atoms with van der Waals surface area (Å²) in [5, 5.41) is 6.01. The average Bonchev–Trinajstić information content (AvgIpc) is 3.42. The predicted octanol–water partition coefficient (Wildman–Crippen LogP) is 3.13. The van der Waals surface area contributed by atoms with Crippen LogP contribution in [-0.2, 0) is 11.3 Å². The molecule has 1 unspecified atom stereocenters. The molecule has 1 aromatic carbocycles. The van der Waals surface area contributed by atoms with E-state index in [1.54, 1.807) is 16.4 Å². The fraction of sp³-hybridized carbons (Fsp3) is 0.500. The van der Waals surface area contributed by atoms with E-state index in [4.69, 9.17) is 0 Å². The molecule has 32 heavy (non-hydrogen) atoms. The number of imidazole rings is 1. The summed E-state index contributed by atoms with van der Waals surface area (Å²) in [6.45, 7) is 6.37. The van der Waals surface area contributed by atoms with Crippen LogP contribution in [0.25, 0.3) is 0 Å². The maximum Gasteiger partial charge on any atom is 0.276 e. The van der Waals surface area contributed by atoms with E-state index < -0.39 is 11.4 Å². The van der Waals surface area contributed by atoms with Gasteiger partial charge in [0.05, 0.1) is 12.9 Å². The number of carbonyl (C=O) groups excluding carboxylic acids is 3. The highest BCUT2D eigenvalue weighted by Gasteiger charge is 2.48. The van der Waals surface area contributed by atoms with Crippen molar-refractivity contribution in [3.05, 3.63) is 47.5 Å². The molecule has 2 N–H and O–H groups in total. The highest BCUT2D eigenvalue weighted by atomic mass is 16.2. The molecular weight excluding hydrogens is 406 g/mol. The second kappa shape index (κ2) is 8.76. The number of carbonyl (C=O) groups is 3. The Morgan fingerprint density at radius 3 is 2.62 bits per heavy atom. The van der Waals surface area contributed by atoms with Crippen molar-refractivity contribution in [3.8, 4) is 0 Å². The van der Waals surface area contributed by atoms with Gasteiger partial charge in [0.1, 0.15) is 11.2 Å². The molecular formula is C24H31N5O3. The van der Waals surface area contributed by atoms with E-state index >= 15 is 0 Å². The second-order valence-corrected chi connectivity index (χ2v) is 9.02. The SMILES string of the molecule is CCCN1C(=O)c2c(C(=O)Nc3ccccc3C)ncn2CC1(C)C(=O)NC1CCCC1. The molecule has 0 bridgehead atoms. The van der Waals surface area contributed by atoms with Gasteiger partial charge in [-0.3, -0.25) is 14.4 Å². The standard InChI is InChI=1S/C24H31N5O3/c1-4-13-29-22(31)20-19(21(30)27-18-12-8-5-9-16(18)2)25-15-28(20)14-24(29,3)23(32)26-17-10-6-7-11-17/h5,8-9,12,15,17H,4,6-7,10-11,13-14H2,1-3H3,(H,26,32)(H,27,30). The van der Waals surface area contributed by atoms with Gasteiger partial charge in [-0.05, 0) is 44.7 Å². The van der Waals surface area contributed by atoms with E-state index in [9.17, 15) is 14.4 Å². The zero-order valence-corrected chi connectivity index (χ0v) is 19.0. The van der Waals surface area contributed by atoms with Crippen LogP contribution >= 0.6 is 0 Å². The van der Waals surface area contributed by atoms with Crippen molar-refractivity contribution >= 4 is 23.4 Å². The number of para-hydroxylation sites is 1. The van der Waals surface area contributed by atoms with Gasteiger partial charge in [0, 0.05) is 18.3 Å². The first-order chi connectivity index (χ1) is 15.3. The molecule has 0 spiro atoms. The largest absolute Gasteiger partial charge is 0.351 e. The van der Waals surface area contributed by atoms with Crippen molar-refractivity contribution in [2.75, 3.05) is 11.9 Å². The quantitative estimate of drug-likeness (QED) is 0.726. The fourth-order valence-electron chi connectivity index (χ4n) is 4.73. The third-order valence-corrected chi connectivity index (χ3v) is 6.59. The number of benzene rings is 1. The highest BCUT2D eigenvalue weighted by molar-refractivity contribution is 6.11. The van der Waals surface area contributed by atoms with E-state index in [1.165, 1.54) is 6.33 Å². The summed E-state index contributed by atoms with van der Waals surface area (Å²) >= 11 is 0. The summed E-state index contributed by atoms with van der Waals surface area (Å²) < 4.78 is 1.65. The Morgan fingerprint density at radius 2 is 1.94 bits per heavy atom. The molecule has 1 aliphatic carbocycles. The minimum absolute atomic E-state index is 0.0811. The van der Waals surface area contributed by atoms with Crippen LogP contribution in [0.4, 0.5) is 5.69 Å². The summed E-state index contributed by atoms with van der Waals surface area (Å²) in [5.74, 6) is -0.914. The van der Waals surface area contributed by atoms with E-state index in [1.807, 2.05) is 38.1 Å². The van der Waals surface area contributed by atoms with Crippen LogP contribution in [0.2, 0.25) is 0 Å². The van der Waals surface area contributed by atoms with E-state index in [0.717, 1.165) is 31.2 Å². The number of anilines is 1. The van der Waals surface area contributed by atoms with Gasteiger partial charge < -0.3 is 20.1 Å². The summed E-state index contributed by atoms with van der Waals surface area (Å²) in [7, 11) is 0. The molecule has 3 amide bonds.